The van der Waals surface area contributed by atoms with Crippen LogP contribution in [0.2, 0.25) is 0 Å². The number of hydrogen-bond donors (Lipinski definition) is 2. The van der Waals surface area contributed by atoms with E-state index in [-0.39, 0.29) is 6.42 Å². The number of nitrogens with one attached hydrogen (secondary N) is 2. The van der Waals surface area contributed by atoms with Gasteiger partial charge in [-0.15, -0.1) is 0 Å². The molecule has 11 heavy (non-hydrogen) atoms. The summed E-state index contributed by atoms with van der Waals surface area (Å²) in [5.74, 6) is -1.24. The molecule has 0 radical (unpaired) electrons. The minimum atomic E-state index is -2.59. The third-order valence-electron chi connectivity index (χ3n) is 0.994. The highest BCUT2D eigenvalue weighted by Crippen LogP contribution is 1.85. The van der Waals surface area contributed by atoms with Crippen molar-refractivity contribution < 1.29 is 18.0 Å². The molecule has 0 bridgehead atoms. The highest BCUT2D eigenvalue weighted by atomic mass is 32.2. The zero-order valence-corrected chi connectivity index (χ0v) is 6.06. The first-order chi connectivity index (χ1) is 5.09. The van der Waals surface area contributed by atoms with Gasteiger partial charge in [0.25, 0.3) is 10.3 Å². The van der Waals surface area contributed by atoms with Crippen LogP contribution in [-0.2, 0) is 19.9 Å². The lowest BCUT2D eigenvalue weighted by molar-refractivity contribution is -0.129. The SMILES string of the molecule is O=C1CC(=O)NC(=S(=O)=O)N1. The fourth-order valence-corrected chi connectivity index (χ4v) is 0.996. The molecular weight excluding hydrogens is 172 g/mol. The molecule has 0 unspecified atom stereocenters. The number of carbonyl (C=O) groups is 2. The Morgan fingerprint density at radius 1 is 1.09 bits per heavy atom. The first kappa shape index (κ1) is 7.73. The Morgan fingerprint density at radius 3 is 1.91 bits per heavy atom. The standard InChI is InChI=1S/C4H4N2O4S/c7-2-1-3(8)6-4(5-2)11(9)10/h1H2,(H,5,7)(H,6,8). The lowest BCUT2D eigenvalue weighted by Crippen LogP contribution is -2.51. The molecular formula is C4H4N2O4S. The molecule has 1 rings (SSSR count). The molecule has 1 saturated heterocycles. The molecule has 0 aromatic carbocycles. The Labute approximate surface area is 63.1 Å². The van der Waals surface area contributed by atoms with E-state index >= 15 is 0 Å². The molecule has 2 amide bonds. The lowest BCUT2D eigenvalue weighted by atomic mass is 10.3. The molecule has 1 aliphatic heterocycles. The Hall–Kier alpha value is -1.37. The summed E-state index contributed by atoms with van der Waals surface area (Å²) < 4.78 is 20.4. The maximum absolute atomic E-state index is 10.5. The van der Waals surface area contributed by atoms with E-state index in [4.69, 9.17) is 0 Å². The van der Waals surface area contributed by atoms with Gasteiger partial charge in [-0.05, 0) is 0 Å². The quantitative estimate of drug-likeness (QED) is 0.317. The number of rotatable bonds is 0. The molecule has 2 N–H and O–H groups in total. The summed E-state index contributed by atoms with van der Waals surface area (Å²) in [6.45, 7) is 0. The summed E-state index contributed by atoms with van der Waals surface area (Å²) in [6, 6.07) is 0. The summed E-state index contributed by atoms with van der Waals surface area (Å²) in [4.78, 5) is 21.0. The van der Waals surface area contributed by atoms with Gasteiger partial charge < -0.3 is 0 Å². The van der Waals surface area contributed by atoms with Gasteiger partial charge >= 0.3 is 0 Å². The van der Waals surface area contributed by atoms with Crippen LogP contribution in [0.25, 0.3) is 0 Å². The van der Waals surface area contributed by atoms with Gasteiger partial charge in [-0.3, -0.25) is 20.2 Å². The van der Waals surface area contributed by atoms with Crippen molar-refractivity contribution in [2.45, 2.75) is 6.42 Å². The molecule has 0 spiro atoms. The molecule has 0 atom stereocenters. The zero-order chi connectivity index (χ0) is 8.43. The van der Waals surface area contributed by atoms with E-state index in [9.17, 15) is 18.0 Å². The summed E-state index contributed by atoms with van der Waals surface area (Å²) in [6.07, 6.45) is -0.333. The third kappa shape index (κ3) is 1.77. The molecule has 1 heterocycles. The first-order valence-corrected chi connectivity index (χ1v) is 3.73. The Balaban J connectivity index is 2.98. The first-order valence-electron chi connectivity index (χ1n) is 2.65. The molecule has 1 aliphatic rings. The van der Waals surface area contributed by atoms with E-state index < -0.39 is 27.2 Å². The van der Waals surface area contributed by atoms with Gasteiger partial charge in [-0.1, -0.05) is 0 Å². The van der Waals surface area contributed by atoms with Crippen molar-refractivity contribution in [2.75, 3.05) is 0 Å². The number of amides is 2. The number of carbonyl (C=O) groups excluding carboxylic acids is 2. The van der Waals surface area contributed by atoms with Gasteiger partial charge in [-0.25, -0.2) is 0 Å². The van der Waals surface area contributed by atoms with Crippen LogP contribution >= 0.6 is 0 Å². The smallest absolute Gasteiger partial charge is 0.256 e. The van der Waals surface area contributed by atoms with E-state index in [1.807, 2.05) is 10.6 Å². The zero-order valence-electron chi connectivity index (χ0n) is 5.25. The van der Waals surface area contributed by atoms with Crippen molar-refractivity contribution in [3.05, 3.63) is 0 Å². The van der Waals surface area contributed by atoms with E-state index in [0.717, 1.165) is 0 Å². The molecule has 0 aromatic heterocycles. The van der Waals surface area contributed by atoms with Gasteiger partial charge in [0.05, 0.1) is 0 Å². The van der Waals surface area contributed by atoms with Crippen molar-refractivity contribution >= 4 is 27.2 Å². The van der Waals surface area contributed by atoms with Crippen LogP contribution < -0.4 is 10.6 Å². The maximum atomic E-state index is 10.5. The van der Waals surface area contributed by atoms with Crippen LogP contribution in [0.5, 0.6) is 0 Å². The van der Waals surface area contributed by atoms with Gasteiger partial charge in [0.15, 0.2) is 0 Å². The van der Waals surface area contributed by atoms with Gasteiger partial charge in [0.2, 0.25) is 16.9 Å². The fraction of sp³-hybridized carbons (Fsp3) is 0.250. The van der Waals surface area contributed by atoms with Crippen molar-refractivity contribution in [1.29, 1.82) is 0 Å². The second-order valence-corrected chi connectivity index (χ2v) is 2.71. The van der Waals surface area contributed by atoms with Gasteiger partial charge in [0.1, 0.15) is 6.42 Å². The second kappa shape index (κ2) is 2.70. The van der Waals surface area contributed by atoms with Crippen molar-refractivity contribution in [3.63, 3.8) is 0 Å². The highest BCUT2D eigenvalue weighted by Gasteiger charge is 2.20. The van der Waals surface area contributed by atoms with E-state index in [1.54, 1.807) is 0 Å². The average Bonchev–Trinajstić information content (AvgIpc) is 1.85. The lowest BCUT2D eigenvalue weighted by Gasteiger charge is -2.11. The molecule has 0 aliphatic carbocycles. The largest absolute Gasteiger partial charge is 0.299 e. The van der Waals surface area contributed by atoms with E-state index in [0.29, 0.717) is 0 Å². The van der Waals surface area contributed by atoms with Crippen LogP contribution in [0.15, 0.2) is 0 Å². The highest BCUT2D eigenvalue weighted by molar-refractivity contribution is 7.72. The van der Waals surface area contributed by atoms with E-state index in [1.165, 1.54) is 0 Å². The second-order valence-electron chi connectivity index (χ2n) is 1.84. The van der Waals surface area contributed by atoms with Crippen molar-refractivity contribution in [1.82, 2.24) is 10.6 Å². The molecule has 0 saturated carbocycles. The van der Waals surface area contributed by atoms with Gasteiger partial charge in [-0.2, -0.15) is 8.42 Å². The van der Waals surface area contributed by atoms with E-state index in [2.05, 4.69) is 0 Å². The molecule has 0 aromatic rings. The van der Waals surface area contributed by atoms with Crippen LogP contribution in [0.4, 0.5) is 0 Å². The summed E-state index contributed by atoms with van der Waals surface area (Å²) in [5, 5.41) is 3.48. The third-order valence-corrected chi connectivity index (χ3v) is 1.53. The van der Waals surface area contributed by atoms with Crippen molar-refractivity contribution in [2.24, 2.45) is 0 Å². The predicted octanol–water partition coefficient (Wildman–Crippen LogP) is -2.41. The minimum Gasteiger partial charge on any atom is -0.299 e. The fourth-order valence-electron chi connectivity index (χ4n) is 0.602. The van der Waals surface area contributed by atoms with Crippen LogP contribution in [0.3, 0.4) is 0 Å². The molecule has 60 valence electrons. The Kier molecular flexibility index (Phi) is 1.90. The topological polar surface area (TPSA) is 92.3 Å². The summed E-state index contributed by atoms with van der Waals surface area (Å²) in [5.41, 5.74) is 0. The molecule has 7 heteroatoms. The summed E-state index contributed by atoms with van der Waals surface area (Å²) in [7, 11) is -2.59. The molecule has 1 fully saturated rings. The Morgan fingerprint density at radius 2 is 1.55 bits per heavy atom. The minimum absolute atomic E-state index is 0.333. The maximum Gasteiger partial charge on any atom is 0.256 e. The monoisotopic (exact) mass is 176 g/mol. The van der Waals surface area contributed by atoms with Crippen molar-refractivity contribution in [3.8, 4) is 0 Å². The van der Waals surface area contributed by atoms with Gasteiger partial charge in [0, 0.05) is 0 Å². The van der Waals surface area contributed by atoms with Crippen LogP contribution in [0.1, 0.15) is 6.42 Å². The predicted molar refractivity (Wildman–Crippen MR) is 34.8 cm³/mol. The van der Waals surface area contributed by atoms with Crippen LogP contribution in [-0.4, -0.2) is 25.3 Å². The normalized spacial score (nSPS) is 17.3. The average molecular weight is 176 g/mol. The Bertz CT molecular complexity index is 315. The number of hydrogen-bond acceptors (Lipinski definition) is 4. The summed E-state index contributed by atoms with van der Waals surface area (Å²) >= 11 is 0. The molecule has 6 nitrogen and oxygen atoms in total. The van der Waals surface area contributed by atoms with Crippen LogP contribution in [0, 0.1) is 0 Å².